The number of nitrogens with zero attached hydrogens (tertiary/aromatic N) is 2. The van der Waals surface area contributed by atoms with Crippen molar-refractivity contribution >= 4 is 39.3 Å². The van der Waals surface area contributed by atoms with E-state index in [1.165, 1.54) is 23.0 Å². The summed E-state index contributed by atoms with van der Waals surface area (Å²) in [6.45, 7) is 5.72. The number of hydrogen-bond acceptors (Lipinski definition) is 5. The zero-order valence-electron chi connectivity index (χ0n) is 9.72. The van der Waals surface area contributed by atoms with E-state index in [0.717, 1.165) is 20.8 Å². The van der Waals surface area contributed by atoms with Crippen LogP contribution in [0.25, 0.3) is 10.2 Å². The monoisotopic (exact) mass is 268 g/mol. The predicted molar refractivity (Wildman–Crippen MR) is 69.8 cm³/mol. The molecular formula is C11H12N2O2S2. The molecule has 0 bridgehead atoms. The third-order valence-corrected chi connectivity index (χ3v) is 4.77. The van der Waals surface area contributed by atoms with Crippen molar-refractivity contribution < 1.29 is 9.90 Å². The van der Waals surface area contributed by atoms with Gasteiger partial charge in [-0.15, -0.1) is 11.3 Å². The summed E-state index contributed by atoms with van der Waals surface area (Å²) in [6.07, 6.45) is 1.49. The maximum absolute atomic E-state index is 10.9. The van der Waals surface area contributed by atoms with Gasteiger partial charge in [0.1, 0.15) is 21.4 Å². The van der Waals surface area contributed by atoms with Crippen LogP contribution in [0.1, 0.15) is 17.4 Å². The smallest absolute Gasteiger partial charge is 0.316 e. The van der Waals surface area contributed by atoms with Gasteiger partial charge in [0.15, 0.2) is 0 Å². The molecule has 0 aliphatic carbocycles. The van der Waals surface area contributed by atoms with Crippen LogP contribution < -0.4 is 0 Å². The van der Waals surface area contributed by atoms with Crippen molar-refractivity contribution in [2.75, 3.05) is 0 Å². The summed E-state index contributed by atoms with van der Waals surface area (Å²) in [5.74, 6) is -0.827. The van der Waals surface area contributed by atoms with E-state index in [4.69, 9.17) is 5.11 Å². The number of fused-ring (bicyclic) bond motifs is 1. The molecule has 2 aromatic heterocycles. The quantitative estimate of drug-likeness (QED) is 0.685. The van der Waals surface area contributed by atoms with Crippen LogP contribution in [0.2, 0.25) is 0 Å². The molecule has 0 aliphatic rings. The third kappa shape index (κ3) is 2.28. The first kappa shape index (κ1) is 12.3. The highest BCUT2D eigenvalue weighted by Gasteiger charge is 2.18. The van der Waals surface area contributed by atoms with Gasteiger partial charge in [-0.25, -0.2) is 9.97 Å². The molecule has 0 radical (unpaired) electrons. The first-order valence-corrected chi connectivity index (χ1v) is 6.80. The second-order valence-electron chi connectivity index (χ2n) is 3.74. The first-order chi connectivity index (χ1) is 8.00. The van der Waals surface area contributed by atoms with Crippen molar-refractivity contribution in [3.05, 3.63) is 16.8 Å². The number of hydrogen-bond donors (Lipinski definition) is 1. The van der Waals surface area contributed by atoms with Crippen molar-refractivity contribution in [3.8, 4) is 0 Å². The molecule has 0 unspecified atom stereocenters. The van der Waals surface area contributed by atoms with Gasteiger partial charge in [0.25, 0.3) is 0 Å². The molecule has 0 aliphatic heterocycles. The number of thioether (sulfide) groups is 1. The van der Waals surface area contributed by atoms with Gasteiger partial charge in [-0.3, -0.25) is 4.79 Å². The number of aliphatic carboxylic acids is 1. The lowest BCUT2D eigenvalue weighted by Gasteiger charge is -2.06. The maximum atomic E-state index is 10.9. The van der Waals surface area contributed by atoms with Gasteiger partial charge >= 0.3 is 5.97 Å². The Balaban J connectivity index is 2.50. The Hall–Kier alpha value is -1.14. The minimum Gasteiger partial charge on any atom is -0.480 e. The molecule has 0 aromatic carbocycles. The molecule has 1 N–H and O–H groups in total. The van der Waals surface area contributed by atoms with E-state index in [0.29, 0.717) is 0 Å². The van der Waals surface area contributed by atoms with E-state index in [-0.39, 0.29) is 0 Å². The summed E-state index contributed by atoms with van der Waals surface area (Å²) in [5, 5.41) is 10.2. The summed E-state index contributed by atoms with van der Waals surface area (Å²) in [7, 11) is 0. The van der Waals surface area contributed by atoms with Crippen molar-refractivity contribution in [3.63, 3.8) is 0 Å². The molecule has 0 fully saturated rings. The number of aromatic nitrogens is 2. The number of carbonyl (C=O) groups is 1. The van der Waals surface area contributed by atoms with Gasteiger partial charge in [-0.05, 0) is 26.3 Å². The number of aryl methyl sites for hydroxylation is 2. The van der Waals surface area contributed by atoms with Crippen LogP contribution in [0.5, 0.6) is 0 Å². The SMILES string of the molecule is Cc1sc2ncnc(S[C@H](C)C(=O)O)c2c1C. The highest BCUT2D eigenvalue weighted by atomic mass is 32.2. The Morgan fingerprint density at radius 2 is 2.18 bits per heavy atom. The van der Waals surface area contributed by atoms with Crippen LogP contribution >= 0.6 is 23.1 Å². The fraction of sp³-hybridized carbons (Fsp3) is 0.364. The fourth-order valence-corrected chi connectivity index (χ4v) is 3.43. The summed E-state index contributed by atoms with van der Waals surface area (Å²) in [6, 6.07) is 0. The standard InChI is InChI=1S/C11H12N2O2S2/c1-5-6(2)16-9-8(5)10(13-4-12-9)17-7(3)11(14)15/h4,7H,1-3H3,(H,14,15)/t7-/m1/s1. The molecule has 2 aromatic rings. The lowest BCUT2D eigenvalue weighted by Crippen LogP contribution is -2.11. The van der Waals surface area contributed by atoms with Crippen molar-refractivity contribution in [2.45, 2.75) is 31.0 Å². The number of carboxylic acids is 1. The van der Waals surface area contributed by atoms with Crippen LogP contribution in [0.3, 0.4) is 0 Å². The zero-order chi connectivity index (χ0) is 12.6. The predicted octanol–water partition coefficient (Wildman–Crippen LogP) is 2.87. The van der Waals surface area contributed by atoms with Gasteiger partial charge in [0.2, 0.25) is 0 Å². The lowest BCUT2D eigenvalue weighted by atomic mass is 10.2. The van der Waals surface area contributed by atoms with Gasteiger partial charge in [0.05, 0.1) is 0 Å². The zero-order valence-corrected chi connectivity index (χ0v) is 11.4. The summed E-state index contributed by atoms with van der Waals surface area (Å²) in [5.41, 5.74) is 1.14. The Morgan fingerprint density at radius 3 is 2.82 bits per heavy atom. The highest BCUT2D eigenvalue weighted by molar-refractivity contribution is 8.00. The van der Waals surface area contributed by atoms with Crippen LogP contribution in [0, 0.1) is 13.8 Å². The molecule has 4 nitrogen and oxygen atoms in total. The number of rotatable bonds is 3. The second kappa shape index (κ2) is 4.62. The molecule has 90 valence electrons. The minimum atomic E-state index is -0.827. The molecule has 1 atom stereocenters. The van der Waals surface area contributed by atoms with Crippen LogP contribution in [0.15, 0.2) is 11.4 Å². The molecule has 17 heavy (non-hydrogen) atoms. The Kier molecular flexibility index (Phi) is 3.35. The third-order valence-electron chi connectivity index (χ3n) is 2.57. The summed E-state index contributed by atoms with van der Waals surface area (Å²) < 4.78 is 0. The Labute approximate surface area is 107 Å². The fourth-order valence-electron chi connectivity index (χ4n) is 1.46. The van der Waals surface area contributed by atoms with E-state index < -0.39 is 11.2 Å². The largest absolute Gasteiger partial charge is 0.480 e. The first-order valence-electron chi connectivity index (χ1n) is 5.11. The number of carboxylic acid groups (broad SMARTS) is 1. The maximum Gasteiger partial charge on any atom is 0.316 e. The van der Waals surface area contributed by atoms with E-state index in [9.17, 15) is 4.79 Å². The van der Waals surface area contributed by atoms with Gasteiger partial charge in [0, 0.05) is 10.3 Å². The van der Waals surface area contributed by atoms with Gasteiger partial charge in [-0.1, -0.05) is 11.8 Å². The van der Waals surface area contributed by atoms with Crippen molar-refractivity contribution in [1.82, 2.24) is 9.97 Å². The molecule has 2 heterocycles. The van der Waals surface area contributed by atoms with E-state index >= 15 is 0 Å². The van der Waals surface area contributed by atoms with Crippen LogP contribution in [0.4, 0.5) is 0 Å². The summed E-state index contributed by atoms with van der Waals surface area (Å²) in [4.78, 5) is 21.4. The van der Waals surface area contributed by atoms with Crippen LogP contribution in [-0.2, 0) is 4.79 Å². The van der Waals surface area contributed by atoms with E-state index in [1.54, 1.807) is 18.3 Å². The molecule has 0 amide bonds. The Morgan fingerprint density at radius 1 is 1.47 bits per heavy atom. The topological polar surface area (TPSA) is 63.1 Å². The molecule has 0 saturated heterocycles. The number of thiophene rings is 1. The normalized spacial score (nSPS) is 12.9. The average molecular weight is 268 g/mol. The molecule has 2 rings (SSSR count). The van der Waals surface area contributed by atoms with Gasteiger partial charge in [-0.2, -0.15) is 0 Å². The van der Waals surface area contributed by atoms with Crippen molar-refractivity contribution in [2.24, 2.45) is 0 Å². The highest BCUT2D eigenvalue weighted by Crippen LogP contribution is 2.35. The molecule has 0 spiro atoms. The van der Waals surface area contributed by atoms with Gasteiger partial charge < -0.3 is 5.11 Å². The van der Waals surface area contributed by atoms with E-state index in [2.05, 4.69) is 9.97 Å². The van der Waals surface area contributed by atoms with E-state index in [1.807, 2.05) is 13.8 Å². The van der Waals surface area contributed by atoms with Crippen molar-refractivity contribution in [1.29, 1.82) is 0 Å². The molecular weight excluding hydrogens is 256 g/mol. The molecule has 0 saturated carbocycles. The minimum absolute atomic E-state index is 0.507. The lowest BCUT2D eigenvalue weighted by molar-refractivity contribution is -0.136. The van der Waals surface area contributed by atoms with Crippen LogP contribution in [-0.4, -0.2) is 26.3 Å². The summed E-state index contributed by atoms with van der Waals surface area (Å²) >= 11 is 2.88. The molecule has 6 heteroatoms. The second-order valence-corrected chi connectivity index (χ2v) is 6.27. The Bertz CT molecular complexity index is 580. The average Bonchev–Trinajstić information content (AvgIpc) is 2.56.